The summed E-state index contributed by atoms with van der Waals surface area (Å²) in [4.78, 5) is 26.6. The number of benzene rings is 2. The molecule has 3 rings (SSSR count). The Balaban J connectivity index is 1.74. The highest BCUT2D eigenvalue weighted by molar-refractivity contribution is 5.97. The Kier molecular flexibility index (Phi) is 4.70. The molecule has 6 nitrogen and oxygen atoms in total. The molecule has 0 saturated heterocycles. The second kappa shape index (κ2) is 7.09. The van der Waals surface area contributed by atoms with Crippen molar-refractivity contribution in [2.75, 3.05) is 17.7 Å². The molecule has 1 heterocycles. The Morgan fingerprint density at radius 3 is 2.56 bits per heavy atom. The maximum absolute atomic E-state index is 12.4. The summed E-state index contributed by atoms with van der Waals surface area (Å²) in [5, 5.41) is 6.50. The topological polar surface area (TPSA) is 83.2 Å². The van der Waals surface area contributed by atoms with Crippen LogP contribution in [0.15, 0.2) is 48.7 Å². The van der Waals surface area contributed by atoms with E-state index in [1.54, 1.807) is 31.4 Å². The summed E-state index contributed by atoms with van der Waals surface area (Å²) in [6.07, 6.45) is 2.06. The Hall–Kier alpha value is -3.28. The molecular formula is C19H19N3O3. The van der Waals surface area contributed by atoms with Crippen LogP contribution >= 0.6 is 0 Å². The van der Waals surface area contributed by atoms with Gasteiger partial charge in [-0.15, -0.1) is 0 Å². The van der Waals surface area contributed by atoms with Gasteiger partial charge in [-0.2, -0.15) is 0 Å². The van der Waals surface area contributed by atoms with Crippen LogP contribution in [0.2, 0.25) is 0 Å². The van der Waals surface area contributed by atoms with Crippen LogP contribution < -0.4 is 15.4 Å². The van der Waals surface area contributed by atoms with E-state index >= 15 is 0 Å². The molecule has 0 radical (unpaired) electrons. The smallest absolute Gasteiger partial charge is 0.228 e. The molecule has 0 spiro atoms. The fourth-order valence-electron chi connectivity index (χ4n) is 2.69. The van der Waals surface area contributed by atoms with Crippen molar-refractivity contribution in [1.82, 2.24) is 4.98 Å². The summed E-state index contributed by atoms with van der Waals surface area (Å²) in [5.74, 6) is 0.455. The van der Waals surface area contributed by atoms with Gasteiger partial charge in [0, 0.05) is 35.4 Å². The summed E-state index contributed by atoms with van der Waals surface area (Å²) in [7, 11) is 1.61. The van der Waals surface area contributed by atoms with Crippen molar-refractivity contribution < 1.29 is 14.3 Å². The van der Waals surface area contributed by atoms with Crippen molar-refractivity contribution in [2.24, 2.45) is 0 Å². The van der Waals surface area contributed by atoms with Crippen molar-refractivity contribution in [1.29, 1.82) is 0 Å². The van der Waals surface area contributed by atoms with E-state index in [1.807, 2.05) is 24.4 Å². The molecule has 6 heteroatoms. The van der Waals surface area contributed by atoms with E-state index in [0.29, 0.717) is 11.4 Å². The largest absolute Gasteiger partial charge is 0.497 e. The second-order valence-electron chi connectivity index (χ2n) is 5.71. The first-order valence-corrected chi connectivity index (χ1v) is 7.86. The maximum atomic E-state index is 12.4. The Morgan fingerprint density at radius 1 is 1.08 bits per heavy atom. The van der Waals surface area contributed by atoms with E-state index in [0.717, 1.165) is 22.2 Å². The van der Waals surface area contributed by atoms with Crippen LogP contribution in [-0.4, -0.2) is 23.9 Å². The molecule has 128 valence electrons. The highest BCUT2D eigenvalue weighted by Gasteiger charge is 2.10. The van der Waals surface area contributed by atoms with Crippen LogP contribution in [0.25, 0.3) is 10.9 Å². The number of methoxy groups -OCH3 is 1. The lowest BCUT2D eigenvalue weighted by Gasteiger charge is -2.08. The zero-order valence-corrected chi connectivity index (χ0v) is 14.1. The molecule has 0 aliphatic carbocycles. The van der Waals surface area contributed by atoms with E-state index < -0.39 is 0 Å². The molecule has 0 aliphatic heterocycles. The molecule has 0 saturated carbocycles. The molecule has 0 unspecified atom stereocenters. The Labute approximate surface area is 145 Å². The average Bonchev–Trinajstić information content (AvgIpc) is 2.96. The van der Waals surface area contributed by atoms with Crippen LogP contribution in [0.3, 0.4) is 0 Å². The number of fused-ring (bicyclic) bond motifs is 1. The third kappa shape index (κ3) is 3.98. The molecule has 3 aromatic rings. The van der Waals surface area contributed by atoms with Gasteiger partial charge in [-0.05, 0) is 42.0 Å². The van der Waals surface area contributed by atoms with Gasteiger partial charge in [-0.25, -0.2) is 0 Å². The van der Waals surface area contributed by atoms with Crippen LogP contribution in [0.4, 0.5) is 11.4 Å². The zero-order chi connectivity index (χ0) is 17.8. The number of nitrogens with one attached hydrogen (secondary N) is 3. The summed E-state index contributed by atoms with van der Waals surface area (Å²) < 4.78 is 5.24. The lowest BCUT2D eigenvalue weighted by molar-refractivity contribution is -0.115. The summed E-state index contributed by atoms with van der Waals surface area (Å²) >= 11 is 0. The number of ether oxygens (including phenoxy) is 1. The van der Waals surface area contributed by atoms with Crippen LogP contribution in [0.1, 0.15) is 12.5 Å². The van der Waals surface area contributed by atoms with Crippen molar-refractivity contribution >= 4 is 34.1 Å². The van der Waals surface area contributed by atoms with Gasteiger partial charge in [0.2, 0.25) is 11.8 Å². The van der Waals surface area contributed by atoms with Gasteiger partial charge in [0.15, 0.2) is 0 Å². The fraction of sp³-hybridized carbons (Fsp3) is 0.158. The predicted octanol–water partition coefficient (Wildman–Crippen LogP) is 3.32. The first-order valence-electron chi connectivity index (χ1n) is 7.86. The Morgan fingerprint density at radius 2 is 1.84 bits per heavy atom. The quantitative estimate of drug-likeness (QED) is 0.668. The van der Waals surface area contributed by atoms with Crippen LogP contribution in [0, 0.1) is 0 Å². The van der Waals surface area contributed by atoms with E-state index in [9.17, 15) is 9.59 Å². The van der Waals surface area contributed by atoms with Crippen LogP contribution in [-0.2, 0) is 16.0 Å². The number of carbonyl (C=O) groups is 2. The minimum absolute atomic E-state index is 0.135. The normalized spacial score (nSPS) is 10.5. The SMILES string of the molecule is COc1ccc2[nH]cc(CC(=O)Nc3cccc(NC(C)=O)c3)c2c1. The number of rotatable bonds is 5. The molecule has 0 bridgehead atoms. The monoisotopic (exact) mass is 337 g/mol. The van der Waals surface area contributed by atoms with Crippen molar-refractivity contribution in [3.63, 3.8) is 0 Å². The van der Waals surface area contributed by atoms with Crippen molar-refractivity contribution in [3.8, 4) is 5.75 Å². The van der Waals surface area contributed by atoms with Gasteiger partial charge in [0.1, 0.15) is 5.75 Å². The number of aromatic amines is 1. The van der Waals surface area contributed by atoms with Crippen molar-refractivity contribution in [3.05, 3.63) is 54.2 Å². The van der Waals surface area contributed by atoms with E-state index in [1.165, 1.54) is 6.92 Å². The molecule has 25 heavy (non-hydrogen) atoms. The number of anilines is 2. The number of hydrogen-bond donors (Lipinski definition) is 3. The highest BCUT2D eigenvalue weighted by atomic mass is 16.5. The minimum Gasteiger partial charge on any atom is -0.497 e. The highest BCUT2D eigenvalue weighted by Crippen LogP contribution is 2.24. The molecule has 2 amide bonds. The van der Waals surface area contributed by atoms with Gasteiger partial charge < -0.3 is 20.4 Å². The Bertz CT molecular complexity index is 931. The number of hydrogen-bond acceptors (Lipinski definition) is 3. The van der Waals surface area contributed by atoms with Crippen molar-refractivity contribution in [2.45, 2.75) is 13.3 Å². The number of H-pyrrole nitrogens is 1. The minimum atomic E-state index is -0.156. The molecule has 1 aromatic heterocycles. The third-order valence-electron chi connectivity index (χ3n) is 3.79. The number of carbonyl (C=O) groups excluding carboxylic acids is 2. The third-order valence-corrected chi connectivity index (χ3v) is 3.79. The average molecular weight is 337 g/mol. The first-order chi connectivity index (χ1) is 12.0. The van der Waals surface area contributed by atoms with Gasteiger partial charge in [-0.1, -0.05) is 6.07 Å². The first kappa shape index (κ1) is 16.6. The lowest BCUT2D eigenvalue weighted by atomic mass is 10.1. The standard InChI is InChI=1S/C19H19N3O3/c1-12(23)21-14-4-3-5-15(9-14)22-19(24)8-13-11-20-18-7-6-16(25-2)10-17(13)18/h3-7,9-11,20H,8H2,1-2H3,(H,21,23)(H,22,24). The van der Waals surface area contributed by atoms with Gasteiger partial charge in [0.25, 0.3) is 0 Å². The summed E-state index contributed by atoms with van der Waals surface area (Å²) in [6.45, 7) is 1.44. The molecular weight excluding hydrogens is 318 g/mol. The summed E-state index contributed by atoms with van der Waals surface area (Å²) in [5.41, 5.74) is 3.12. The van der Waals surface area contributed by atoms with Gasteiger partial charge >= 0.3 is 0 Å². The van der Waals surface area contributed by atoms with Crippen LogP contribution in [0.5, 0.6) is 5.75 Å². The maximum Gasteiger partial charge on any atom is 0.228 e. The summed E-state index contributed by atoms with van der Waals surface area (Å²) in [6, 6.07) is 12.7. The van der Waals surface area contributed by atoms with E-state index in [4.69, 9.17) is 4.74 Å². The molecule has 2 aromatic carbocycles. The lowest BCUT2D eigenvalue weighted by Crippen LogP contribution is -2.14. The van der Waals surface area contributed by atoms with Gasteiger partial charge in [-0.3, -0.25) is 9.59 Å². The molecule has 0 atom stereocenters. The fourth-order valence-corrected chi connectivity index (χ4v) is 2.69. The van der Waals surface area contributed by atoms with Gasteiger partial charge in [0.05, 0.1) is 13.5 Å². The predicted molar refractivity (Wildman–Crippen MR) is 97.9 cm³/mol. The molecule has 0 aliphatic rings. The second-order valence-corrected chi connectivity index (χ2v) is 5.71. The molecule has 3 N–H and O–H groups in total. The van der Waals surface area contributed by atoms with E-state index in [2.05, 4.69) is 15.6 Å². The zero-order valence-electron chi connectivity index (χ0n) is 14.1. The molecule has 0 fully saturated rings. The number of amides is 2. The van der Waals surface area contributed by atoms with E-state index in [-0.39, 0.29) is 18.2 Å². The number of aromatic nitrogens is 1.